The summed E-state index contributed by atoms with van der Waals surface area (Å²) in [5.74, 6) is -0.192. The minimum Gasteiger partial charge on any atom is -0.454 e. The number of ether oxygens (including phenoxy) is 1. The van der Waals surface area contributed by atoms with Gasteiger partial charge in [0.05, 0.1) is 6.42 Å². The van der Waals surface area contributed by atoms with Gasteiger partial charge in [-0.15, -0.1) is 0 Å². The van der Waals surface area contributed by atoms with Gasteiger partial charge in [-0.25, -0.2) is 9.37 Å². The van der Waals surface area contributed by atoms with Crippen LogP contribution >= 0.6 is 12.2 Å². The number of rotatable bonds is 5. The predicted molar refractivity (Wildman–Crippen MR) is 114 cm³/mol. The number of benzene rings is 2. The summed E-state index contributed by atoms with van der Waals surface area (Å²) in [6, 6.07) is 15.0. The quantitative estimate of drug-likeness (QED) is 0.552. The Morgan fingerprint density at radius 2 is 2.03 bits per heavy atom. The lowest BCUT2D eigenvalue weighted by atomic mass is 10.1. The molecule has 4 N–H and O–H groups in total. The van der Waals surface area contributed by atoms with Crippen LogP contribution in [0.1, 0.15) is 11.1 Å². The van der Waals surface area contributed by atoms with Crippen molar-refractivity contribution in [1.82, 2.24) is 10.3 Å². The van der Waals surface area contributed by atoms with Gasteiger partial charge in [-0.1, -0.05) is 29.8 Å². The Hall–Kier alpha value is -3.52. The van der Waals surface area contributed by atoms with Crippen LogP contribution in [0.2, 0.25) is 0 Å². The van der Waals surface area contributed by atoms with E-state index in [1.807, 2.05) is 31.2 Å². The van der Waals surface area contributed by atoms with Crippen LogP contribution in [0, 0.1) is 12.7 Å². The Balaban J connectivity index is 1.57. The fourth-order valence-corrected chi connectivity index (χ4v) is 2.85. The summed E-state index contributed by atoms with van der Waals surface area (Å²) >= 11 is 5.13. The molecule has 29 heavy (non-hydrogen) atoms. The molecule has 3 rings (SSSR count). The van der Waals surface area contributed by atoms with Crippen LogP contribution in [0.15, 0.2) is 60.8 Å². The average molecular weight is 410 g/mol. The van der Waals surface area contributed by atoms with E-state index in [-0.39, 0.29) is 29.0 Å². The van der Waals surface area contributed by atoms with E-state index in [1.54, 1.807) is 12.1 Å². The number of nitrogens with zero attached hydrogens (tertiary/aromatic N) is 1. The number of anilines is 2. The zero-order valence-corrected chi connectivity index (χ0v) is 16.4. The third-order valence-corrected chi connectivity index (χ3v) is 4.07. The van der Waals surface area contributed by atoms with E-state index in [0.29, 0.717) is 11.4 Å². The monoisotopic (exact) mass is 410 g/mol. The summed E-state index contributed by atoms with van der Waals surface area (Å²) < 4.78 is 19.8. The molecule has 3 aromatic rings. The van der Waals surface area contributed by atoms with Gasteiger partial charge in [-0.2, -0.15) is 0 Å². The van der Waals surface area contributed by atoms with Gasteiger partial charge in [-0.05, 0) is 42.9 Å². The van der Waals surface area contributed by atoms with Crippen molar-refractivity contribution in [2.75, 3.05) is 11.1 Å². The molecule has 1 amide bonds. The molecule has 0 spiro atoms. The highest BCUT2D eigenvalue weighted by Gasteiger charge is 2.10. The molecule has 0 bridgehead atoms. The van der Waals surface area contributed by atoms with Crippen molar-refractivity contribution < 1.29 is 13.9 Å². The van der Waals surface area contributed by atoms with Gasteiger partial charge in [-0.3, -0.25) is 4.79 Å². The Kier molecular flexibility index (Phi) is 6.36. The number of thiocarbonyl (C=S) groups is 1. The van der Waals surface area contributed by atoms with E-state index in [1.165, 1.54) is 24.4 Å². The van der Waals surface area contributed by atoms with Gasteiger partial charge in [0.25, 0.3) is 0 Å². The highest BCUT2D eigenvalue weighted by Crippen LogP contribution is 2.27. The summed E-state index contributed by atoms with van der Waals surface area (Å²) in [6.07, 6.45) is 1.66. The molecular weight excluding hydrogens is 391 g/mol. The average Bonchev–Trinajstić information content (AvgIpc) is 2.64. The second-order valence-electron chi connectivity index (χ2n) is 6.33. The lowest BCUT2D eigenvalue weighted by molar-refractivity contribution is -0.119. The number of hydrogen-bond donors (Lipinski definition) is 3. The van der Waals surface area contributed by atoms with Gasteiger partial charge < -0.3 is 21.1 Å². The maximum atomic E-state index is 14.3. The number of nitrogens with two attached hydrogens (primary N) is 1. The topological polar surface area (TPSA) is 89.3 Å². The van der Waals surface area contributed by atoms with Gasteiger partial charge in [0.2, 0.25) is 5.91 Å². The van der Waals surface area contributed by atoms with Crippen LogP contribution in [0.4, 0.5) is 15.9 Å². The highest BCUT2D eigenvalue weighted by atomic mass is 32.1. The molecule has 0 unspecified atom stereocenters. The van der Waals surface area contributed by atoms with Crippen LogP contribution in [0.5, 0.6) is 11.5 Å². The first-order valence-corrected chi connectivity index (χ1v) is 9.15. The number of nitrogen functional groups attached to an aromatic ring is 1. The SMILES string of the molecule is Cc1cccc(CC(=O)NC(=S)Nc2ccc(Oc3ccnc(N)c3)c(F)c2)c1. The normalized spacial score (nSPS) is 10.3. The van der Waals surface area contributed by atoms with Crippen molar-refractivity contribution in [2.45, 2.75) is 13.3 Å². The number of amides is 1. The lowest BCUT2D eigenvalue weighted by Gasteiger charge is -2.12. The Morgan fingerprint density at radius 3 is 2.76 bits per heavy atom. The standard InChI is InChI=1S/C21H19FN4O2S/c1-13-3-2-4-14(9-13)10-20(27)26-21(29)25-15-5-6-18(17(22)11-15)28-16-7-8-24-19(23)12-16/h2-9,11-12H,10H2,1H3,(H2,23,24)(H2,25,26,27,29). The van der Waals surface area contributed by atoms with Crippen LogP contribution in [-0.4, -0.2) is 16.0 Å². The van der Waals surface area contributed by atoms with Gasteiger partial charge >= 0.3 is 0 Å². The fourth-order valence-electron chi connectivity index (χ4n) is 2.62. The van der Waals surface area contributed by atoms with Crippen LogP contribution in [0.25, 0.3) is 0 Å². The molecule has 6 nitrogen and oxygen atoms in total. The lowest BCUT2D eigenvalue weighted by Crippen LogP contribution is -2.35. The molecule has 0 aliphatic heterocycles. The maximum absolute atomic E-state index is 14.3. The molecule has 8 heteroatoms. The molecule has 1 aromatic heterocycles. The fraction of sp³-hybridized carbons (Fsp3) is 0.0952. The maximum Gasteiger partial charge on any atom is 0.230 e. The summed E-state index contributed by atoms with van der Waals surface area (Å²) in [6.45, 7) is 1.96. The van der Waals surface area contributed by atoms with E-state index in [0.717, 1.165) is 11.1 Å². The number of hydrogen-bond acceptors (Lipinski definition) is 5. The van der Waals surface area contributed by atoms with E-state index in [9.17, 15) is 9.18 Å². The minimum atomic E-state index is -0.598. The molecule has 2 aromatic carbocycles. The molecule has 0 atom stereocenters. The smallest absolute Gasteiger partial charge is 0.230 e. The molecule has 148 valence electrons. The second kappa shape index (κ2) is 9.11. The van der Waals surface area contributed by atoms with E-state index in [4.69, 9.17) is 22.7 Å². The summed E-state index contributed by atoms with van der Waals surface area (Å²) in [7, 11) is 0. The number of halogens is 1. The molecule has 0 aliphatic carbocycles. The molecule has 0 radical (unpaired) electrons. The number of nitrogens with one attached hydrogen (secondary N) is 2. The summed E-state index contributed by atoms with van der Waals surface area (Å²) in [4.78, 5) is 16.0. The van der Waals surface area contributed by atoms with Crippen molar-refractivity contribution in [2.24, 2.45) is 0 Å². The van der Waals surface area contributed by atoms with E-state index < -0.39 is 5.82 Å². The minimum absolute atomic E-state index is 0.0237. The molecule has 1 heterocycles. The van der Waals surface area contributed by atoms with Crippen molar-refractivity contribution >= 4 is 34.7 Å². The first-order valence-electron chi connectivity index (χ1n) is 8.74. The number of aromatic nitrogens is 1. The number of carbonyl (C=O) groups excluding carboxylic acids is 1. The van der Waals surface area contributed by atoms with Crippen molar-refractivity contribution in [3.63, 3.8) is 0 Å². The number of aryl methyl sites for hydroxylation is 1. The van der Waals surface area contributed by atoms with Crippen molar-refractivity contribution in [3.05, 3.63) is 77.7 Å². The van der Waals surface area contributed by atoms with Crippen LogP contribution < -0.4 is 21.1 Å². The van der Waals surface area contributed by atoms with Gasteiger partial charge in [0, 0.05) is 24.0 Å². The predicted octanol–water partition coefficient (Wildman–Crippen LogP) is 3.96. The Bertz CT molecular complexity index is 1060. The summed E-state index contributed by atoms with van der Waals surface area (Å²) in [5, 5.41) is 5.45. The molecule has 0 saturated heterocycles. The van der Waals surface area contributed by atoms with Crippen molar-refractivity contribution in [3.8, 4) is 11.5 Å². The molecule has 0 fully saturated rings. The third-order valence-electron chi connectivity index (χ3n) is 3.87. The number of carbonyl (C=O) groups is 1. The first kappa shape index (κ1) is 20.2. The zero-order chi connectivity index (χ0) is 20.8. The highest BCUT2D eigenvalue weighted by molar-refractivity contribution is 7.80. The molecule has 0 aliphatic rings. The van der Waals surface area contributed by atoms with E-state index >= 15 is 0 Å². The Morgan fingerprint density at radius 1 is 1.21 bits per heavy atom. The zero-order valence-electron chi connectivity index (χ0n) is 15.6. The molecular formula is C21H19FN4O2S. The van der Waals surface area contributed by atoms with Crippen molar-refractivity contribution in [1.29, 1.82) is 0 Å². The Labute approximate surface area is 172 Å². The first-order chi connectivity index (χ1) is 13.9. The second-order valence-corrected chi connectivity index (χ2v) is 6.74. The van der Waals surface area contributed by atoms with Crippen LogP contribution in [-0.2, 0) is 11.2 Å². The summed E-state index contributed by atoms with van der Waals surface area (Å²) in [5.41, 5.74) is 7.92. The van der Waals surface area contributed by atoms with E-state index in [2.05, 4.69) is 15.6 Å². The molecule has 0 saturated carbocycles. The largest absolute Gasteiger partial charge is 0.454 e. The van der Waals surface area contributed by atoms with Gasteiger partial charge in [0.15, 0.2) is 16.7 Å². The number of pyridine rings is 1. The van der Waals surface area contributed by atoms with Crippen LogP contribution in [0.3, 0.4) is 0 Å². The van der Waals surface area contributed by atoms with Gasteiger partial charge in [0.1, 0.15) is 11.6 Å². The third kappa shape index (κ3) is 5.98.